The molecule has 26 heavy (non-hydrogen) atoms. The van der Waals surface area contributed by atoms with Crippen LogP contribution in [-0.4, -0.2) is 63.0 Å². The molecule has 1 aromatic heterocycles. The minimum absolute atomic E-state index is 0.110. The standard InChI is InChI=1S/C18H30N4O3S/c1-4-18(5-2)13-22(9-10-25-18)17-20-12-15(26(3,23)24)16(21-17)14-7-6-8-19-11-14/h12,14,19H,4-11,13H2,1-3H3. The summed E-state index contributed by atoms with van der Waals surface area (Å²) in [6, 6.07) is 0. The Bertz CT molecular complexity index is 728. The molecule has 1 atom stereocenters. The molecule has 0 bridgehead atoms. The van der Waals surface area contributed by atoms with Crippen molar-refractivity contribution in [3.63, 3.8) is 0 Å². The Hall–Kier alpha value is -1.25. The first kappa shape index (κ1) is 19.5. The van der Waals surface area contributed by atoms with E-state index in [2.05, 4.69) is 29.0 Å². The highest BCUT2D eigenvalue weighted by atomic mass is 32.2. The number of morpholine rings is 1. The molecule has 1 aromatic rings. The number of nitrogens with one attached hydrogen (secondary N) is 1. The van der Waals surface area contributed by atoms with E-state index >= 15 is 0 Å². The second-order valence-corrected chi connectivity index (χ2v) is 9.38. The zero-order valence-electron chi connectivity index (χ0n) is 16.0. The Morgan fingerprint density at radius 3 is 2.77 bits per heavy atom. The largest absolute Gasteiger partial charge is 0.371 e. The van der Waals surface area contributed by atoms with Crippen LogP contribution in [0.3, 0.4) is 0 Å². The van der Waals surface area contributed by atoms with Gasteiger partial charge in [-0.05, 0) is 32.2 Å². The van der Waals surface area contributed by atoms with E-state index in [0.29, 0.717) is 18.2 Å². The van der Waals surface area contributed by atoms with Crippen molar-refractivity contribution < 1.29 is 13.2 Å². The van der Waals surface area contributed by atoms with Crippen molar-refractivity contribution in [1.29, 1.82) is 0 Å². The van der Waals surface area contributed by atoms with Crippen LogP contribution in [0.5, 0.6) is 0 Å². The van der Waals surface area contributed by atoms with E-state index in [9.17, 15) is 8.42 Å². The van der Waals surface area contributed by atoms with Gasteiger partial charge in [-0.25, -0.2) is 18.4 Å². The molecule has 8 heteroatoms. The highest BCUT2D eigenvalue weighted by Crippen LogP contribution is 2.31. The lowest BCUT2D eigenvalue weighted by Gasteiger charge is -2.42. The predicted octanol–water partition coefficient (Wildman–Crippen LogP) is 1.74. The average molecular weight is 383 g/mol. The minimum Gasteiger partial charge on any atom is -0.371 e. The van der Waals surface area contributed by atoms with E-state index < -0.39 is 9.84 Å². The number of sulfone groups is 1. The highest BCUT2D eigenvalue weighted by molar-refractivity contribution is 7.90. The minimum atomic E-state index is -3.36. The van der Waals surface area contributed by atoms with Gasteiger partial charge in [-0.3, -0.25) is 0 Å². The van der Waals surface area contributed by atoms with Gasteiger partial charge in [-0.15, -0.1) is 0 Å². The normalized spacial score (nSPS) is 23.8. The zero-order chi connectivity index (χ0) is 18.8. The molecule has 0 spiro atoms. The molecule has 2 fully saturated rings. The fourth-order valence-corrected chi connectivity index (χ4v) is 4.72. The highest BCUT2D eigenvalue weighted by Gasteiger charge is 2.35. The van der Waals surface area contributed by atoms with Gasteiger partial charge in [0.2, 0.25) is 5.95 Å². The van der Waals surface area contributed by atoms with E-state index in [1.807, 2.05) is 0 Å². The van der Waals surface area contributed by atoms with Gasteiger partial charge in [0.05, 0.1) is 24.1 Å². The first-order chi connectivity index (χ1) is 12.4. The van der Waals surface area contributed by atoms with Crippen LogP contribution in [-0.2, 0) is 14.6 Å². The molecule has 146 valence electrons. The topological polar surface area (TPSA) is 84.4 Å². The molecule has 7 nitrogen and oxygen atoms in total. The third kappa shape index (κ3) is 4.02. The number of hydrogen-bond acceptors (Lipinski definition) is 7. The Kier molecular flexibility index (Phi) is 5.84. The number of aromatic nitrogens is 2. The van der Waals surface area contributed by atoms with E-state index in [0.717, 1.165) is 51.9 Å². The van der Waals surface area contributed by atoms with Crippen LogP contribution in [0.1, 0.15) is 51.1 Å². The smallest absolute Gasteiger partial charge is 0.225 e. The number of hydrogen-bond donors (Lipinski definition) is 1. The van der Waals surface area contributed by atoms with Gasteiger partial charge in [-0.1, -0.05) is 13.8 Å². The summed E-state index contributed by atoms with van der Waals surface area (Å²) in [6.07, 6.45) is 6.57. The van der Waals surface area contributed by atoms with Crippen LogP contribution < -0.4 is 10.2 Å². The predicted molar refractivity (Wildman–Crippen MR) is 101 cm³/mol. The summed E-state index contributed by atoms with van der Waals surface area (Å²) in [4.78, 5) is 11.6. The van der Waals surface area contributed by atoms with Gasteiger partial charge < -0.3 is 15.0 Å². The van der Waals surface area contributed by atoms with Crippen molar-refractivity contribution in [2.75, 3.05) is 43.9 Å². The summed E-state index contributed by atoms with van der Waals surface area (Å²) in [5, 5.41) is 3.35. The van der Waals surface area contributed by atoms with Crippen molar-refractivity contribution >= 4 is 15.8 Å². The summed E-state index contributed by atoms with van der Waals surface area (Å²) in [5.41, 5.74) is 0.485. The molecule has 0 radical (unpaired) electrons. The molecule has 1 unspecified atom stereocenters. The summed E-state index contributed by atoms with van der Waals surface area (Å²) < 4.78 is 30.5. The van der Waals surface area contributed by atoms with Crippen LogP contribution in [0, 0.1) is 0 Å². The molecule has 1 N–H and O–H groups in total. The van der Waals surface area contributed by atoms with Crippen molar-refractivity contribution in [3.05, 3.63) is 11.9 Å². The van der Waals surface area contributed by atoms with E-state index in [4.69, 9.17) is 9.72 Å². The lowest BCUT2D eigenvalue weighted by Crippen LogP contribution is -2.52. The Balaban J connectivity index is 1.96. The third-order valence-electron chi connectivity index (χ3n) is 5.67. The SMILES string of the molecule is CCC1(CC)CN(c2ncc(S(C)(=O)=O)c(C3CCCNC3)n2)CCO1. The maximum atomic E-state index is 12.2. The number of anilines is 1. The van der Waals surface area contributed by atoms with Gasteiger partial charge in [-0.2, -0.15) is 0 Å². The molecular formula is C18H30N4O3S. The van der Waals surface area contributed by atoms with Crippen molar-refractivity contribution in [3.8, 4) is 0 Å². The van der Waals surface area contributed by atoms with E-state index in [1.165, 1.54) is 12.5 Å². The quantitative estimate of drug-likeness (QED) is 0.830. The van der Waals surface area contributed by atoms with Crippen LogP contribution >= 0.6 is 0 Å². The van der Waals surface area contributed by atoms with Crippen molar-refractivity contribution in [2.24, 2.45) is 0 Å². The number of piperidine rings is 1. The summed E-state index contributed by atoms with van der Waals surface area (Å²) in [5.74, 6) is 0.728. The first-order valence-electron chi connectivity index (χ1n) is 9.55. The molecule has 2 aliphatic rings. The van der Waals surface area contributed by atoms with Crippen LogP contribution in [0.25, 0.3) is 0 Å². The number of nitrogens with zero attached hydrogens (tertiary/aromatic N) is 3. The van der Waals surface area contributed by atoms with Crippen LogP contribution in [0.15, 0.2) is 11.1 Å². The Labute approximate surface area is 156 Å². The molecular weight excluding hydrogens is 352 g/mol. The van der Waals surface area contributed by atoms with Gasteiger partial charge in [0.25, 0.3) is 0 Å². The molecule has 2 saturated heterocycles. The lowest BCUT2D eigenvalue weighted by molar-refractivity contribution is -0.0609. The molecule has 0 amide bonds. The van der Waals surface area contributed by atoms with Crippen molar-refractivity contribution in [2.45, 2.75) is 55.9 Å². The summed E-state index contributed by atoms with van der Waals surface area (Å²) in [7, 11) is -3.36. The second-order valence-electron chi connectivity index (χ2n) is 7.40. The first-order valence-corrected chi connectivity index (χ1v) is 11.4. The maximum absolute atomic E-state index is 12.2. The molecule has 3 rings (SSSR count). The average Bonchev–Trinajstić information content (AvgIpc) is 2.67. The fraction of sp³-hybridized carbons (Fsp3) is 0.778. The molecule has 0 saturated carbocycles. The number of rotatable bonds is 5. The lowest BCUT2D eigenvalue weighted by atomic mass is 9.95. The van der Waals surface area contributed by atoms with E-state index in [1.54, 1.807) is 0 Å². The van der Waals surface area contributed by atoms with Crippen LogP contribution in [0.4, 0.5) is 5.95 Å². The van der Waals surface area contributed by atoms with Gasteiger partial charge in [0.1, 0.15) is 4.90 Å². The molecule has 2 aliphatic heterocycles. The van der Waals surface area contributed by atoms with Gasteiger partial charge in [0.15, 0.2) is 9.84 Å². The molecule has 3 heterocycles. The zero-order valence-corrected chi connectivity index (χ0v) is 16.8. The van der Waals surface area contributed by atoms with Crippen molar-refractivity contribution in [1.82, 2.24) is 15.3 Å². The van der Waals surface area contributed by atoms with E-state index in [-0.39, 0.29) is 16.4 Å². The fourth-order valence-electron chi connectivity index (χ4n) is 3.88. The third-order valence-corrected chi connectivity index (χ3v) is 6.79. The molecule has 0 aliphatic carbocycles. The maximum Gasteiger partial charge on any atom is 0.225 e. The summed E-state index contributed by atoms with van der Waals surface area (Å²) in [6.45, 7) is 8.11. The monoisotopic (exact) mass is 382 g/mol. The second kappa shape index (κ2) is 7.78. The van der Waals surface area contributed by atoms with Gasteiger partial charge in [0, 0.05) is 31.8 Å². The Morgan fingerprint density at radius 2 is 2.15 bits per heavy atom. The van der Waals surface area contributed by atoms with Crippen LogP contribution in [0.2, 0.25) is 0 Å². The summed E-state index contributed by atoms with van der Waals surface area (Å²) >= 11 is 0. The van der Waals surface area contributed by atoms with Gasteiger partial charge >= 0.3 is 0 Å². The molecule has 0 aromatic carbocycles. The Morgan fingerprint density at radius 1 is 1.38 bits per heavy atom. The number of ether oxygens (including phenoxy) is 1.